The summed E-state index contributed by atoms with van der Waals surface area (Å²) in [6.07, 6.45) is 4.12. The van der Waals surface area contributed by atoms with Crippen LogP contribution in [0, 0.1) is 5.92 Å². The maximum absolute atomic E-state index is 6.27. The van der Waals surface area contributed by atoms with Gasteiger partial charge in [-0.1, -0.05) is 17.7 Å². The lowest BCUT2D eigenvalue weighted by molar-refractivity contribution is 0.232. The molecule has 0 aromatic heterocycles. The summed E-state index contributed by atoms with van der Waals surface area (Å²) in [7, 11) is 4.09. The summed E-state index contributed by atoms with van der Waals surface area (Å²) >= 11 is 6.27. The Balaban J connectivity index is 2.57. The van der Waals surface area contributed by atoms with Gasteiger partial charge in [0, 0.05) is 6.04 Å². The van der Waals surface area contributed by atoms with Crippen molar-refractivity contribution in [2.24, 2.45) is 5.92 Å². The Labute approximate surface area is 88.4 Å². The van der Waals surface area contributed by atoms with E-state index in [1.54, 1.807) is 0 Å². The van der Waals surface area contributed by atoms with Gasteiger partial charge in [-0.15, -0.1) is 0 Å². The number of hydrogen-bond acceptors (Lipinski definition) is 1. The van der Waals surface area contributed by atoms with Gasteiger partial charge in [-0.2, -0.15) is 0 Å². The van der Waals surface area contributed by atoms with Crippen LogP contribution in [-0.2, 0) is 0 Å². The number of halogens is 1. The summed E-state index contributed by atoms with van der Waals surface area (Å²) in [5.41, 5.74) is 0.800. The van der Waals surface area contributed by atoms with E-state index in [-0.39, 0.29) is 7.27 Å². The van der Waals surface area contributed by atoms with E-state index >= 15 is 0 Å². The molecule has 0 aliphatic heterocycles. The van der Waals surface area contributed by atoms with Gasteiger partial charge in [0.05, 0.1) is 0 Å². The number of rotatable bonds is 3. The number of hydrogen-bond donors (Lipinski definition) is 0. The van der Waals surface area contributed by atoms with Crippen molar-refractivity contribution in [1.82, 2.24) is 4.90 Å². The minimum Gasteiger partial charge on any atom is -0.306 e. The lowest BCUT2D eigenvalue weighted by atomic mass is 9.99. The summed E-state index contributed by atoms with van der Waals surface area (Å²) in [5.74, 6) is 0.837. The smallest absolute Gasteiger partial charge is 0.00955 e. The molecular formula is C10H21ClNP. The average molecular weight is 222 g/mol. The largest absolute Gasteiger partial charge is 0.306 e. The van der Waals surface area contributed by atoms with Gasteiger partial charge in [-0.25, -0.2) is 0 Å². The fourth-order valence-corrected chi connectivity index (χ4v) is 4.55. The normalized spacial score (nSPS) is 33.7. The van der Waals surface area contributed by atoms with Crippen LogP contribution in [-0.4, -0.2) is 37.4 Å². The first kappa shape index (κ1) is 11.8. The van der Waals surface area contributed by atoms with Crippen molar-refractivity contribution in [1.29, 1.82) is 0 Å². The van der Waals surface area contributed by atoms with Gasteiger partial charge in [-0.05, 0) is 59.4 Å². The summed E-state index contributed by atoms with van der Waals surface area (Å²) in [6.45, 7) is 4.54. The van der Waals surface area contributed by atoms with Gasteiger partial charge in [0.15, 0.2) is 0 Å². The zero-order chi connectivity index (χ0) is 10.0. The third-order valence-electron chi connectivity index (χ3n) is 3.42. The van der Waals surface area contributed by atoms with E-state index in [9.17, 15) is 0 Å². The molecule has 1 fully saturated rings. The Morgan fingerprint density at radius 2 is 2.00 bits per heavy atom. The maximum Gasteiger partial charge on any atom is 0.00955 e. The van der Waals surface area contributed by atoms with Gasteiger partial charge in [0.2, 0.25) is 0 Å². The van der Waals surface area contributed by atoms with Gasteiger partial charge in [0.1, 0.15) is 0 Å². The average Bonchev–Trinajstić information content (AvgIpc) is 2.50. The van der Waals surface area contributed by atoms with Crippen LogP contribution in [0.1, 0.15) is 26.2 Å². The third-order valence-corrected chi connectivity index (χ3v) is 5.73. The van der Waals surface area contributed by atoms with Crippen LogP contribution in [0.15, 0.2) is 0 Å². The summed E-state index contributed by atoms with van der Waals surface area (Å²) in [6, 6.07) is 0.691. The van der Waals surface area contributed by atoms with Crippen LogP contribution in [0.2, 0.25) is 0 Å². The molecule has 0 aromatic rings. The zero-order valence-electron chi connectivity index (χ0n) is 9.13. The molecule has 0 saturated heterocycles. The highest BCUT2D eigenvalue weighted by Gasteiger charge is 2.34. The van der Waals surface area contributed by atoms with Gasteiger partial charge in [-0.3, -0.25) is 0 Å². The molecule has 13 heavy (non-hydrogen) atoms. The van der Waals surface area contributed by atoms with E-state index in [1.807, 2.05) is 0 Å². The SMILES string of the molecule is C[C@H](C1CCCC1P(C)Cl)N(C)C. The van der Waals surface area contributed by atoms with E-state index in [1.165, 1.54) is 19.3 Å². The van der Waals surface area contributed by atoms with E-state index in [0.717, 1.165) is 11.6 Å². The van der Waals surface area contributed by atoms with E-state index in [2.05, 4.69) is 32.6 Å². The first-order valence-corrected chi connectivity index (χ1v) is 7.85. The fourth-order valence-electron chi connectivity index (χ4n) is 2.36. The van der Waals surface area contributed by atoms with E-state index in [0.29, 0.717) is 6.04 Å². The molecule has 0 aromatic carbocycles. The van der Waals surface area contributed by atoms with Crippen molar-refractivity contribution in [3.63, 3.8) is 0 Å². The highest BCUT2D eigenvalue weighted by atomic mass is 35.7. The molecule has 0 bridgehead atoms. The lowest BCUT2D eigenvalue weighted by Crippen LogP contribution is -2.35. The molecule has 1 nitrogen and oxygen atoms in total. The Morgan fingerprint density at radius 3 is 2.46 bits per heavy atom. The van der Waals surface area contributed by atoms with E-state index in [4.69, 9.17) is 11.2 Å². The molecule has 0 spiro atoms. The Morgan fingerprint density at radius 1 is 1.38 bits per heavy atom. The van der Waals surface area contributed by atoms with Crippen LogP contribution in [0.3, 0.4) is 0 Å². The van der Waals surface area contributed by atoms with Crippen molar-refractivity contribution in [2.45, 2.75) is 37.9 Å². The zero-order valence-corrected chi connectivity index (χ0v) is 10.8. The first-order valence-electron chi connectivity index (χ1n) is 5.09. The Hall–Kier alpha value is 0.680. The standard InChI is InChI=1S/C10H21ClNP/c1-8(12(2)3)9-6-5-7-10(9)13(4)11/h8-10H,5-7H2,1-4H3/t8-,9?,10?,13?/m1/s1. The second-order valence-electron chi connectivity index (χ2n) is 4.39. The molecule has 3 unspecified atom stereocenters. The van der Waals surface area contributed by atoms with Crippen LogP contribution in [0.25, 0.3) is 0 Å². The number of nitrogens with zero attached hydrogens (tertiary/aromatic N) is 1. The van der Waals surface area contributed by atoms with Crippen LogP contribution in [0.4, 0.5) is 0 Å². The van der Waals surface area contributed by atoms with Crippen molar-refractivity contribution >= 4 is 18.5 Å². The molecular weight excluding hydrogens is 201 g/mol. The molecule has 1 rings (SSSR count). The molecule has 3 heteroatoms. The van der Waals surface area contributed by atoms with Gasteiger partial charge < -0.3 is 4.90 Å². The Kier molecular flexibility index (Phi) is 4.48. The third kappa shape index (κ3) is 2.81. The molecule has 0 heterocycles. The van der Waals surface area contributed by atoms with Crippen molar-refractivity contribution in [3.05, 3.63) is 0 Å². The second kappa shape index (κ2) is 4.96. The van der Waals surface area contributed by atoms with Gasteiger partial charge in [0.25, 0.3) is 0 Å². The lowest BCUT2D eigenvalue weighted by Gasteiger charge is -2.31. The monoisotopic (exact) mass is 221 g/mol. The quantitative estimate of drug-likeness (QED) is 0.661. The van der Waals surface area contributed by atoms with Crippen LogP contribution < -0.4 is 0 Å². The highest BCUT2D eigenvalue weighted by Crippen LogP contribution is 2.53. The maximum atomic E-state index is 6.27. The van der Waals surface area contributed by atoms with Crippen LogP contribution >= 0.6 is 18.5 Å². The van der Waals surface area contributed by atoms with Crippen molar-refractivity contribution < 1.29 is 0 Å². The van der Waals surface area contributed by atoms with Gasteiger partial charge >= 0.3 is 0 Å². The van der Waals surface area contributed by atoms with E-state index < -0.39 is 0 Å². The fraction of sp³-hybridized carbons (Fsp3) is 1.00. The molecule has 4 atom stereocenters. The minimum atomic E-state index is -0.253. The summed E-state index contributed by atoms with van der Waals surface area (Å²) in [5, 5.41) is 0. The predicted molar refractivity (Wildman–Crippen MR) is 63.0 cm³/mol. The molecule has 1 aliphatic carbocycles. The molecule has 1 aliphatic rings. The van der Waals surface area contributed by atoms with Crippen molar-refractivity contribution in [2.75, 3.05) is 20.8 Å². The predicted octanol–water partition coefficient (Wildman–Crippen LogP) is 3.37. The molecule has 0 radical (unpaired) electrons. The summed E-state index contributed by atoms with van der Waals surface area (Å²) < 4.78 is 0. The second-order valence-corrected chi connectivity index (χ2v) is 7.70. The minimum absolute atomic E-state index is 0.253. The molecule has 78 valence electrons. The molecule has 0 N–H and O–H groups in total. The topological polar surface area (TPSA) is 3.24 Å². The first-order chi connectivity index (χ1) is 6.04. The highest BCUT2D eigenvalue weighted by molar-refractivity contribution is 7.83. The molecule has 1 saturated carbocycles. The molecule has 0 amide bonds. The summed E-state index contributed by atoms with van der Waals surface area (Å²) in [4.78, 5) is 2.33. The van der Waals surface area contributed by atoms with Crippen LogP contribution in [0.5, 0.6) is 0 Å². The van der Waals surface area contributed by atoms with Crippen molar-refractivity contribution in [3.8, 4) is 0 Å². The Bertz CT molecular complexity index is 161.